The number of unbranched alkanes of at least 4 members (excludes halogenated alkanes) is 3. The van der Waals surface area contributed by atoms with Crippen LogP contribution in [0.5, 0.6) is 0 Å². The second kappa shape index (κ2) is 7.29. The van der Waals surface area contributed by atoms with Gasteiger partial charge in [-0.2, -0.15) is 0 Å². The molecule has 2 heteroatoms. The Labute approximate surface area is 75.7 Å². The van der Waals surface area contributed by atoms with Gasteiger partial charge in [0.1, 0.15) is 5.78 Å². The van der Waals surface area contributed by atoms with Crippen molar-refractivity contribution in [2.24, 2.45) is 0 Å². The van der Waals surface area contributed by atoms with Crippen molar-refractivity contribution in [2.45, 2.75) is 52.0 Å². The maximum atomic E-state index is 11.3. The van der Waals surface area contributed by atoms with Crippen molar-refractivity contribution in [1.29, 1.82) is 0 Å². The predicted octanol–water partition coefficient (Wildman–Crippen LogP) is 2.13. The van der Waals surface area contributed by atoms with E-state index in [9.17, 15) is 4.79 Å². The lowest BCUT2D eigenvalue weighted by Gasteiger charge is -2.07. The summed E-state index contributed by atoms with van der Waals surface area (Å²) in [5, 5.41) is 2.96. The second-order valence-electron chi connectivity index (χ2n) is 3.29. The summed E-state index contributed by atoms with van der Waals surface area (Å²) in [5.74, 6) is 0.341. The molecule has 0 saturated carbocycles. The van der Waals surface area contributed by atoms with Crippen LogP contribution in [-0.2, 0) is 4.79 Å². The van der Waals surface area contributed by atoms with Crippen molar-refractivity contribution >= 4 is 5.78 Å². The van der Waals surface area contributed by atoms with Gasteiger partial charge in [-0.15, -0.1) is 0 Å². The minimum absolute atomic E-state index is 0.0339. The van der Waals surface area contributed by atoms with Crippen molar-refractivity contribution in [3.05, 3.63) is 0 Å². The number of hydrogen-bond donors (Lipinski definition) is 1. The summed E-state index contributed by atoms with van der Waals surface area (Å²) in [6, 6.07) is 0.0339. The van der Waals surface area contributed by atoms with E-state index in [1.165, 1.54) is 19.3 Å². The number of Topliss-reactive ketones (excluding diaryl/α,β-unsaturated/α-hetero) is 1. The highest BCUT2D eigenvalue weighted by Gasteiger charge is 2.08. The molecule has 0 spiro atoms. The largest absolute Gasteiger partial charge is 0.311 e. The number of rotatable bonds is 7. The molecular formula is C10H21NO. The molecular weight excluding hydrogens is 150 g/mol. The van der Waals surface area contributed by atoms with Crippen molar-refractivity contribution in [1.82, 2.24) is 5.32 Å². The highest BCUT2D eigenvalue weighted by atomic mass is 16.1. The third-order valence-corrected chi connectivity index (χ3v) is 2.19. The van der Waals surface area contributed by atoms with Gasteiger partial charge in [0.25, 0.3) is 0 Å². The Kier molecular flexibility index (Phi) is 7.06. The first-order valence-electron chi connectivity index (χ1n) is 4.92. The Morgan fingerprint density at radius 2 is 2.00 bits per heavy atom. The molecule has 1 atom stereocenters. The van der Waals surface area contributed by atoms with Crippen LogP contribution in [0.1, 0.15) is 46.0 Å². The zero-order valence-corrected chi connectivity index (χ0v) is 8.52. The minimum atomic E-state index is 0.0339. The lowest BCUT2D eigenvalue weighted by atomic mass is 10.1. The molecule has 0 saturated heterocycles. The van der Waals surface area contributed by atoms with E-state index in [2.05, 4.69) is 12.2 Å². The van der Waals surface area contributed by atoms with E-state index in [0.29, 0.717) is 5.78 Å². The molecule has 0 amide bonds. The summed E-state index contributed by atoms with van der Waals surface area (Å²) < 4.78 is 0. The van der Waals surface area contributed by atoms with Gasteiger partial charge in [0, 0.05) is 6.42 Å². The number of nitrogens with one attached hydrogen (secondary N) is 1. The minimum Gasteiger partial charge on any atom is -0.311 e. The van der Waals surface area contributed by atoms with E-state index in [1.807, 2.05) is 14.0 Å². The van der Waals surface area contributed by atoms with Crippen LogP contribution in [-0.4, -0.2) is 18.9 Å². The predicted molar refractivity (Wildman–Crippen MR) is 52.3 cm³/mol. The maximum Gasteiger partial charge on any atom is 0.149 e. The molecule has 0 heterocycles. The first kappa shape index (κ1) is 11.6. The zero-order chi connectivity index (χ0) is 9.40. The summed E-state index contributed by atoms with van der Waals surface area (Å²) in [7, 11) is 1.83. The third-order valence-electron chi connectivity index (χ3n) is 2.19. The van der Waals surface area contributed by atoms with Crippen LogP contribution < -0.4 is 5.32 Å². The highest BCUT2D eigenvalue weighted by molar-refractivity contribution is 5.83. The topological polar surface area (TPSA) is 29.1 Å². The fourth-order valence-electron chi connectivity index (χ4n) is 1.10. The first-order chi connectivity index (χ1) is 5.72. The fourth-order valence-corrected chi connectivity index (χ4v) is 1.10. The Bertz CT molecular complexity index is 123. The SMILES string of the molecule is CCCCCCC(=O)[C@H](C)NC. The van der Waals surface area contributed by atoms with Gasteiger partial charge in [-0.25, -0.2) is 0 Å². The molecule has 0 aliphatic rings. The van der Waals surface area contributed by atoms with Crippen molar-refractivity contribution < 1.29 is 4.79 Å². The number of carbonyl (C=O) groups excluding carboxylic acids is 1. The van der Waals surface area contributed by atoms with Gasteiger partial charge in [-0.3, -0.25) is 4.79 Å². The van der Waals surface area contributed by atoms with Gasteiger partial charge in [0.05, 0.1) is 6.04 Å². The van der Waals surface area contributed by atoms with Gasteiger partial charge in [-0.1, -0.05) is 26.2 Å². The van der Waals surface area contributed by atoms with Crippen molar-refractivity contribution in [3.63, 3.8) is 0 Å². The quantitative estimate of drug-likeness (QED) is 0.595. The van der Waals surface area contributed by atoms with E-state index in [1.54, 1.807) is 0 Å². The average Bonchev–Trinajstić information content (AvgIpc) is 2.10. The first-order valence-corrected chi connectivity index (χ1v) is 4.92. The second-order valence-corrected chi connectivity index (χ2v) is 3.29. The van der Waals surface area contributed by atoms with Gasteiger partial charge in [0.2, 0.25) is 0 Å². The molecule has 0 unspecified atom stereocenters. The Hall–Kier alpha value is -0.370. The Morgan fingerprint density at radius 1 is 1.33 bits per heavy atom. The van der Waals surface area contributed by atoms with Crippen LogP contribution in [0.15, 0.2) is 0 Å². The lowest BCUT2D eigenvalue weighted by molar-refractivity contribution is -0.120. The van der Waals surface area contributed by atoms with E-state index < -0.39 is 0 Å². The summed E-state index contributed by atoms with van der Waals surface area (Å²) in [5.41, 5.74) is 0. The molecule has 0 aliphatic heterocycles. The maximum absolute atomic E-state index is 11.3. The smallest absolute Gasteiger partial charge is 0.149 e. The number of hydrogen-bond acceptors (Lipinski definition) is 2. The van der Waals surface area contributed by atoms with Crippen LogP contribution in [0.2, 0.25) is 0 Å². The molecule has 2 nitrogen and oxygen atoms in total. The van der Waals surface area contributed by atoms with Crippen molar-refractivity contribution in [2.75, 3.05) is 7.05 Å². The monoisotopic (exact) mass is 171 g/mol. The number of ketones is 1. The van der Waals surface area contributed by atoms with Crippen LogP contribution in [0.25, 0.3) is 0 Å². The van der Waals surface area contributed by atoms with Crippen LogP contribution in [0.3, 0.4) is 0 Å². The number of likely N-dealkylation sites (N-methyl/N-ethyl adjacent to an activating group) is 1. The zero-order valence-electron chi connectivity index (χ0n) is 8.52. The van der Waals surface area contributed by atoms with Gasteiger partial charge in [0.15, 0.2) is 0 Å². The third kappa shape index (κ3) is 5.30. The molecule has 0 rings (SSSR count). The molecule has 0 aromatic heterocycles. The molecule has 0 aromatic carbocycles. The number of carbonyl (C=O) groups is 1. The Balaban J connectivity index is 3.31. The Morgan fingerprint density at radius 3 is 2.50 bits per heavy atom. The molecule has 12 heavy (non-hydrogen) atoms. The average molecular weight is 171 g/mol. The van der Waals surface area contributed by atoms with Crippen molar-refractivity contribution in [3.8, 4) is 0 Å². The molecule has 1 N–H and O–H groups in total. The summed E-state index contributed by atoms with van der Waals surface area (Å²) in [6.07, 6.45) is 5.47. The van der Waals surface area contributed by atoms with E-state index in [-0.39, 0.29) is 6.04 Å². The van der Waals surface area contributed by atoms with E-state index in [4.69, 9.17) is 0 Å². The van der Waals surface area contributed by atoms with Crippen LogP contribution >= 0.6 is 0 Å². The molecule has 0 aliphatic carbocycles. The highest BCUT2D eigenvalue weighted by Crippen LogP contribution is 2.04. The van der Waals surface area contributed by atoms with E-state index >= 15 is 0 Å². The fraction of sp³-hybridized carbons (Fsp3) is 0.900. The molecule has 0 aromatic rings. The molecule has 0 bridgehead atoms. The summed E-state index contributed by atoms with van der Waals surface area (Å²) >= 11 is 0. The summed E-state index contributed by atoms with van der Waals surface area (Å²) in [4.78, 5) is 11.3. The normalized spacial score (nSPS) is 12.9. The van der Waals surface area contributed by atoms with Crippen LogP contribution in [0.4, 0.5) is 0 Å². The molecule has 0 fully saturated rings. The molecule has 0 radical (unpaired) electrons. The van der Waals surface area contributed by atoms with Gasteiger partial charge < -0.3 is 5.32 Å². The lowest BCUT2D eigenvalue weighted by Crippen LogP contribution is -2.30. The van der Waals surface area contributed by atoms with Crippen LogP contribution in [0, 0.1) is 0 Å². The van der Waals surface area contributed by atoms with E-state index in [0.717, 1.165) is 12.8 Å². The molecule has 72 valence electrons. The summed E-state index contributed by atoms with van der Waals surface area (Å²) in [6.45, 7) is 4.10. The van der Waals surface area contributed by atoms with Gasteiger partial charge in [-0.05, 0) is 20.4 Å². The standard InChI is InChI=1S/C10H21NO/c1-4-5-6-7-8-10(12)9(2)11-3/h9,11H,4-8H2,1-3H3/t9-/m0/s1. The van der Waals surface area contributed by atoms with Gasteiger partial charge >= 0.3 is 0 Å².